The van der Waals surface area contributed by atoms with Crippen LogP contribution in [0.3, 0.4) is 0 Å². The first-order chi connectivity index (χ1) is 12.7. The van der Waals surface area contributed by atoms with Crippen molar-refractivity contribution in [3.8, 4) is 22.6 Å². The Balaban J connectivity index is 1.62. The smallest absolute Gasteiger partial charge is 0.123 e. The first-order valence-electron chi connectivity index (χ1n) is 8.58. The van der Waals surface area contributed by atoms with Crippen LogP contribution in [-0.2, 0) is 13.0 Å². The van der Waals surface area contributed by atoms with E-state index in [2.05, 4.69) is 5.32 Å². The second kappa shape index (κ2) is 8.50. The molecule has 4 heteroatoms. The van der Waals surface area contributed by atoms with Gasteiger partial charge >= 0.3 is 0 Å². The van der Waals surface area contributed by atoms with E-state index in [-0.39, 0.29) is 11.6 Å². The van der Waals surface area contributed by atoms with Crippen LogP contribution in [0, 0.1) is 5.82 Å². The molecule has 0 saturated heterocycles. The number of methoxy groups -OCH3 is 1. The monoisotopic (exact) mass is 351 g/mol. The molecule has 0 radical (unpaired) electrons. The lowest BCUT2D eigenvalue weighted by Gasteiger charge is -2.11. The minimum atomic E-state index is -0.259. The lowest BCUT2D eigenvalue weighted by atomic mass is 10.0. The number of rotatable bonds is 7. The summed E-state index contributed by atoms with van der Waals surface area (Å²) in [7, 11) is 1.67. The molecular weight excluding hydrogens is 329 g/mol. The quantitative estimate of drug-likeness (QED) is 0.614. The number of halogens is 1. The fourth-order valence-electron chi connectivity index (χ4n) is 2.90. The topological polar surface area (TPSA) is 41.5 Å². The van der Waals surface area contributed by atoms with Crippen molar-refractivity contribution in [2.24, 2.45) is 0 Å². The molecule has 3 rings (SSSR count). The van der Waals surface area contributed by atoms with E-state index in [1.807, 2.05) is 36.4 Å². The Kier molecular flexibility index (Phi) is 5.87. The number of phenolic OH excluding ortho intramolecular Hbond substituents is 1. The number of hydrogen-bond acceptors (Lipinski definition) is 3. The van der Waals surface area contributed by atoms with Gasteiger partial charge in [-0.05, 0) is 60.0 Å². The molecule has 0 aromatic heterocycles. The number of benzene rings is 3. The summed E-state index contributed by atoms with van der Waals surface area (Å²) < 4.78 is 18.4. The summed E-state index contributed by atoms with van der Waals surface area (Å²) in [5.74, 6) is 0.877. The lowest BCUT2D eigenvalue weighted by Crippen LogP contribution is -2.17. The maximum absolute atomic E-state index is 13.1. The summed E-state index contributed by atoms with van der Waals surface area (Å²) in [6, 6.07) is 19.7. The molecular formula is C22H22FNO2. The summed E-state index contributed by atoms with van der Waals surface area (Å²) in [5.41, 5.74) is 3.82. The zero-order valence-electron chi connectivity index (χ0n) is 14.7. The molecule has 3 aromatic rings. The molecule has 3 aromatic carbocycles. The van der Waals surface area contributed by atoms with Crippen molar-refractivity contribution in [1.29, 1.82) is 0 Å². The Morgan fingerprint density at radius 2 is 1.65 bits per heavy atom. The van der Waals surface area contributed by atoms with Crippen LogP contribution in [0.5, 0.6) is 11.5 Å². The minimum Gasteiger partial charge on any atom is -0.508 e. The maximum atomic E-state index is 13.1. The molecule has 134 valence electrons. The van der Waals surface area contributed by atoms with E-state index in [4.69, 9.17) is 4.74 Å². The molecule has 3 nitrogen and oxygen atoms in total. The molecule has 0 bridgehead atoms. The summed E-state index contributed by atoms with van der Waals surface area (Å²) in [6.07, 6.45) is 0.836. The van der Waals surface area contributed by atoms with E-state index < -0.39 is 0 Å². The predicted molar refractivity (Wildman–Crippen MR) is 102 cm³/mol. The van der Waals surface area contributed by atoms with Crippen molar-refractivity contribution in [2.45, 2.75) is 13.0 Å². The molecule has 0 saturated carbocycles. The van der Waals surface area contributed by atoms with Crippen LogP contribution in [0.1, 0.15) is 11.1 Å². The van der Waals surface area contributed by atoms with Crippen LogP contribution in [0.25, 0.3) is 11.1 Å². The Labute approximate surface area is 153 Å². The Hall–Kier alpha value is -2.85. The molecule has 26 heavy (non-hydrogen) atoms. The van der Waals surface area contributed by atoms with Crippen molar-refractivity contribution < 1.29 is 14.2 Å². The largest absolute Gasteiger partial charge is 0.508 e. The average molecular weight is 351 g/mol. The standard InChI is InChI=1S/C22H22FNO2/c1-26-22-5-3-2-4-17(22)12-13-24-15-19-14-18(8-11-21(19)25)16-6-9-20(23)10-7-16/h2-11,14,24-25H,12-13,15H2,1H3. The van der Waals surface area contributed by atoms with Gasteiger partial charge in [0.05, 0.1) is 7.11 Å². The summed E-state index contributed by atoms with van der Waals surface area (Å²) in [4.78, 5) is 0. The maximum Gasteiger partial charge on any atom is 0.123 e. The second-order valence-electron chi connectivity index (χ2n) is 6.09. The number of phenols is 1. The Bertz CT molecular complexity index is 862. The first kappa shape index (κ1) is 18.0. The average Bonchev–Trinajstić information content (AvgIpc) is 2.67. The van der Waals surface area contributed by atoms with Crippen LogP contribution in [0.15, 0.2) is 66.7 Å². The number of para-hydroxylation sites is 1. The van der Waals surface area contributed by atoms with E-state index in [1.165, 1.54) is 12.1 Å². The first-order valence-corrected chi connectivity index (χ1v) is 8.58. The third-order valence-electron chi connectivity index (χ3n) is 4.34. The lowest BCUT2D eigenvalue weighted by molar-refractivity contribution is 0.409. The zero-order chi connectivity index (χ0) is 18.4. The molecule has 0 heterocycles. The Morgan fingerprint density at radius 3 is 2.42 bits per heavy atom. The molecule has 0 unspecified atom stereocenters. The fourth-order valence-corrected chi connectivity index (χ4v) is 2.90. The van der Waals surface area contributed by atoms with Gasteiger partial charge in [0, 0.05) is 12.1 Å². The fraction of sp³-hybridized carbons (Fsp3) is 0.182. The predicted octanol–water partition coefficient (Wildman–Crippen LogP) is 4.54. The van der Waals surface area contributed by atoms with Crippen molar-refractivity contribution in [3.05, 3.63) is 83.7 Å². The minimum absolute atomic E-state index is 0.251. The van der Waals surface area contributed by atoms with E-state index in [0.29, 0.717) is 6.54 Å². The second-order valence-corrected chi connectivity index (χ2v) is 6.09. The number of hydrogen-bond donors (Lipinski definition) is 2. The number of ether oxygens (including phenoxy) is 1. The highest BCUT2D eigenvalue weighted by Crippen LogP contribution is 2.26. The number of nitrogens with one attached hydrogen (secondary N) is 1. The van der Waals surface area contributed by atoms with Gasteiger partial charge in [-0.25, -0.2) is 4.39 Å². The highest BCUT2D eigenvalue weighted by molar-refractivity contribution is 5.65. The molecule has 0 aliphatic heterocycles. The summed E-state index contributed by atoms with van der Waals surface area (Å²) >= 11 is 0. The van der Waals surface area contributed by atoms with Gasteiger partial charge in [0.1, 0.15) is 17.3 Å². The van der Waals surface area contributed by atoms with Gasteiger partial charge in [0.25, 0.3) is 0 Å². The van der Waals surface area contributed by atoms with Gasteiger partial charge in [-0.2, -0.15) is 0 Å². The van der Waals surface area contributed by atoms with Crippen molar-refractivity contribution >= 4 is 0 Å². The highest BCUT2D eigenvalue weighted by Gasteiger charge is 2.06. The van der Waals surface area contributed by atoms with Gasteiger partial charge in [-0.15, -0.1) is 0 Å². The SMILES string of the molecule is COc1ccccc1CCNCc1cc(-c2ccc(F)cc2)ccc1O. The van der Waals surface area contributed by atoms with Gasteiger partial charge in [0.15, 0.2) is 0 Å². The van der Waals surface area contributed by atoms with E-state index in [1.54, 1.807) is 25.3 Å². The van der Waals surface area contributed by atoms with Crippen LogP contribution >= 0.6 is 0 Å². The van der Waals surface area contributed by atoms with E-state index >= 15 is 0 Å². The van der Waals surface area contributed by atoms with Crippen LogP contribution in [0.2, 0.25) is 0 Å². The van der Waals surface area contributed by atoms with Gasteiger partial charge < -0.3 is 15.2 Å². The van der Waals surface area contributed by atoms with Gasteiger partial charge in [-0.3, -0.25) is 0 Å². The van der Waals surface area contributed by atoms with Crippen LogP contribution < -0.4 is 10.1 Å². The van der Waals surface area contributed by atoms with E-state index in [9.17, 15) is 9.50 Å². The van der Waals surface area contributed by atoms with Gasteiger partial charge in [-0.1, -0.05) is 36.4 Å². The van der Waals surface area contributed by atoms with Crippen LogP contribution in [-0.4, -0.2) is 18.8 Å². The molecule has 2 N–H and O–H groups in total. The summed E-state index contributed by atoms with van der Waals surface area (Å²) in [6.45, 7) is 1.32. The molecule has 0 aliphatic rings. The van der Waals surface area contributed by atoms with Crippen molar-refractivity contribution in [1.82, 2.24) is 5.32 Å². The summed E-state index contributed by atoms with van der Waals surface area (Å²) in [5, 5.41) is 13.5. The highest BCUT2D eigenvalue weighted by atomic mass is 19.1. The molecule has 0 fully saturated rings. The normalized spacial score (nSPS) is 10.7. The number of aromatic hydroxyl groups is 1. The third kappa shape index (κ3) is 4.41. The molecule has 0 amide bonds. The molecule has 0 spiro atoms. The van der Waals surface area contributed by atoms with Crippen LogP contribution in [0.4, 0.5) is 4.39 Å². The molecule has 0 aliphatic carbocycles. The zero-order valence-corrected chi connectivity index (χ0v) is 14.7. The van der Waals surface area contributed by atoms with Gasteiger partial charge in [0.2, 0.25) is 0 Å². The van der Waals surface area contributed by atoms with E-state index in [0.717, 1.165) is 41.0 Å². The molecule has 0 atom stereocenters. The Morgan fingerprint density at radius 1 is 0.923 bits per heavy atom. The van der Waals surface area contributed by atoms with Crippen molar-refractivity contribution in [3.63, 3.8) is 0 Å². The third-order valence-corrected chi connectivity index (χ3v) is 4.34. The van der Waals surface area contributed by atoms with Crippen molar-refractivity contribution in [2.75, 3.05) is 13.7 Å².